The zero-order chi connectivity index (χ0) is 15.3. The zero-order valence-electron chi connectivity index (χ0n) is 11.5. The van der Waals surface area contributed by atoms with Gasteiger partial charge in [0.15, 0.2) is 0 Å². The average molecular weight is 289 g/mol. The van der Waals surface area contributed by atoms with Gasteiger partial charge in [-0.1, -0.05) is 30.3 Å². The Kier molecular flexibility index (Phi) is 4.80. The lowest BCUT2D eigenvalue weighted by Gasteiger charge is -2.22. The molecule has 112 valence electrons. The number of rotatable bonds is 6. The minimum Gasteiger partial charge on any atom is -0.508 e. The lowest BCUT2D eigenvalue weighted by atomic mass is 10.1. The number of phenols is 2. The Labute approximate surface area is 123 Å². The highest BCUT2D eigenvalue weighted by Gasteiger charge is 2.24. The van der Waals surface area contributed by atoms with E-state index in [1.165, 1.54) is 18.2 Å². The third-order valence-corrected chi connectivity index (χ3v) is 3.24. The summed E-state index contributed by atoms with van der Waals surface area (Å²) in [6, 6.07) is 12.9. The second-order valence-corrected chi connectivity index (χ2v) is 4.92. The first-order valence-electron chi connectivity index (χ1n) is 6.71. The van der Waals surface area contributed by atoms with Crippen LogP contribution in [0.3, 0.4) is 0 Å². The number of benzene rings is 2. The molecule has 0 saturated carbocycles. The molecule has 0 fully saturated rings. The lowest BCUT2D eigenvalue weighted by Crippen LogP contribution is -2.38. The molecule has 0 heterocycles. The van der Waals surface area contributed by atoms with E-state index >= 15 is 0 Å². The molecular weight excluding hydrogens is 270 g/mol. The van der Waals surface area contributed by atoms with Gasteiger partial charge in [-0.2, -0.15) is 0 Å². The van der Waals surface area contributed by atoms with Gasteiger partial charge in [0.05, 0.1) is 6.54 Å². The first kappa shape index (κ1) is 15.3. The minimum absolute atomic E-state index is 0.0312. The van der Waals surface area contributed by atoms with Gasteiger partial charge in [-0.15, -0.1) is 0 Å². The molecule has 0 amide bonds. The number of hydrogen-bond donors (Lipinski definition) is 5. The van der Waals surface area contributed by atoms with E-state index in [0.29, 0.717) is 24.1 Å². The second kappa shape index (κ2) is 6.58. The molecule has 0 aromatic heterocycles. The van der Waals surface area contributed by atoms with Gasteiger partial charge in [0.25, 0.3) is 0 Å². The number of aliphatic hydroxyl groups is 2. The smallest absolute Gasteiger partial charge is 0.202 e. The highest BCUT2D eigenvalue weighted by molar-refractivity contribution is 5.38. The molecule has 5 heteroatoms. The van der Waals surface area contributed by atoms with Gasteiger partial charge in [-0.25, -0.2) is 0 Å². The van der Waals surface area contributed by atoms with Gasteiger partial charge in [0.2, 0.25) is 5.79 Å². The third-order valence-electron chi connectivity index (χ3n) is 3.24. The summed E-state index contributed by atoms with van der Waals surface area (Å²) in [7, 11) is 0. The van der Waals surface area contributed by atoms with E-state index in [9.17, 15) is 20.4 Å². The van der Waals surface area contributed by atoms with Crippen molar-refractivity contribution in [3.63, 3.8) is 0 Å². The van der Waals surface area contributed by atoms with Crippen molar-refractivity contribution in [1.82, 2.24) is 5.32 Å². The van der Waals surface area contributed by atoms with E-state index < -0.39 is 5.79 Å². The molecule has 0 aliphatic rings. The van der Waals surface area contributed by atoms with Crippen molar-refractivity contribution in [3.05, 3.63) is 59.7 Å². The lowest BCUT2D eigenvalue weighted by molar-refractivity contribution is -0.165. The van der Waals surface area contributed by atoms with E-state index in [1.807, 2.05) is 0 Å². The normalized spacial score (nSPS) is 11.5. The monoisotopic (exact) mass is 289 g/mol. The molecule has 2 rings (SSSR count). The second-order valence-electron chi connectivity index (χ2n) is 4.92. The number of aromatic hydroxyl groups is 2. The van der Waals surface area contributed by atoms with Crippen molar-refractivity contribution >= 4 is 0 Å². The van der Waals surface area contributed by atoms with Crippen molar-refractivity contribution < 1.29 is 20.4 Å². The summed E-state index contributed by atoms with van der Waals surface area (Å²) in [5.41, 5.74) is 1.02. The Bertz CT molecular complexity index is 584. The van der Waals surface area contributed by atoms with Crippen molar-refractivity contribution in [2.45, 2.75) is 12.2 Å². The number of hydrogen-bond acceptors (Lipinski definition) is 5. The van der Waals surface area contributed by atoms with Crippen LogP contribution in [0, 0.1) is 0 Å². The zero-order valence-corrected chi connectivity index (χ0v) is 11.5. The molecule has 0 atom stereocenters. The third kappa shape index (κ3) is 4.19. The summed E-state index contributed by atoms with van der Waals surface area (Å²) >= 11 is 0. The van der Waals surface area contributed by atoms with E-state index in [-0.39, 0.29) is 18.0 Å². The molecule has 0 radical (unpaired) electrons. The highest BCUT2D eigenvalue weighted by Crippen LogP contribution is 2.22. The molecule has 0 aliphatic heterocycles. The van der Waals surface area contributed by atoms with Crippen LogP contribution in [0.5, 0.6) is 11.5 Å². The maximum Gasteiger partial charge on any atom is 0.202 e. The molecule has 0 bridgehead atoms. The van der Waals surface area contributed by atoms with Crippen LogP contribution in [0.1, 0.15) is 11.1 Å². The molecule has 5 nitrogen and oxygen atoms in total. The first-order chi connectivity index (χ1) is 9.99. The molecule has 21 heavy (non-hydrogen) atoms. The Morgan fingerprint density at radius 2 is 1.67 bits per heavy atom. The van der Waals surface area contributed by atoms with Crippen molar-refractivity contribution in [1.29, 1.82) is 0 Å². The minimum atomic E-state index is -1.94. The molecule has 0 unspecified atom stereocenters. The Morgan fingerprint density at radius 1 is 0.952 bits per heavy atom. The molecule has 2 aromatic carbocycles. The molecule has 2 aromatic rings. The fourth-order valence-electron chi connectivity index (χ4n) is 2.07. The van der Waals surface area contributed by atoms with Crippen LogP contribution < -0.4 is 5.32 Å². The summed E-state index contributed by atoms with van der Waals surface area (Å²) < 4.78 is 0. The van der Waals surface area contributed by atoms with Crippen LogP contribution in [-0.2, 0) is 12.2 Å². The van der Waals surface area contributed by atoms with Gasteiger partial charge in [0.1, 0.15) is 11.5 Å². The van der Waals surface area contributed by atoms with E-state index in [2.05, 4.69) is 5.32 Å². The molecule has 0 spiro atoms. The summed E-state index contributed by atoms with van der Waals surface area (Å²) in [5.74, 6) is -1.75. The molecule has 5 N–H and O–H groups in total. The number of nitrogens with one attached hydrogen (secondary N) is 1. The SMILES string of the molecule is Oc1ccc(O)c(CCNCC(O)(O)c2ccccc2)c1. The van der Waals surface area contributed by atoms with E-state index in [4.69, 9.17) is 0 Å². The largest absolute Gasteiger partial charge is 0.508 e. The maximum atomic E-state index is 9.99. The average Bonchev–Trinajstić information content (AvgIpc) is 2.48. The topological polar surface area (TPSA) is 93.0 Å². The standard InChI is InChI=1S/C16H19NO4/c18-14-6-7-15(19)12(10-14)8-9-17-11-16(20,21)13-4-2-1-3-5-13/h1-7,10,17-21H,8-9,11H2. The van der Waals surface area contributed by atoms with E-state index in [1.54, 1.807) is 30.3 Å². The van der Waals surface area contributed by atoms with Crippen LogP contribution in [0.15, 0.2) is 48.5 Å². The van der Waals surface area contributed by atoms with Crippen molar-refractivity contribution in [2.24, 2.45) is 0 Å². The highest BCUT2D eigenvalue weighted by atomic mass is 16.5. The van der Waals surface area contributed by atoms with E-state index in [0.717, 1.165) is 0 Å². The van der Waals surface area contributed by atoms with Crippen LogP contribution >= 0.6 is 0 Å². The molecule has 0 aliphatic carbocycles. The Balaban J connectivity index is 1.86. The van der Waals surface area contributed by atoms with Gasteiger partial charge in [-0.3, -0.25) is 0 Å². The summed E-state index contributed by atoms with van der Waals surface area (Å²) in [5, 5.41) is 41.9. The Morgan fingerprint density at radius 3 is 2.38 bits per heavy atom. The van der Waals surface area contributed by atoms with Crippen LogP contribution in [0.2, 0.25) is 0 Å². The predicted octanol–water partition coefficient (Wildman–Crippen LogP) is 1.07. The van der Waals surface area contributed by atoms with Gasteiger partial charge >= 0.3 is 0 Å². The quantitative estimate of drug-likeness (QED) is 0.312. The van der Waals surface area contributed by atoms with Crippen LogP contribution in [0.4, 0.5) is 0 Å². The first-order valence-corrected chi connectivity index (χ1v) is 6.71. The van der Waals surface area contributed by atoms with Crippen LogP contribution in [-0.4, -0.2) is 33.5 Å². The summed E-state index contributed by atoms with van der Waals surface area (Å²) in [6.07, 6.45) is 0.463. The molecular formula is C16H19NO4. The predicted molar refractivity (Wildman–Crippen MR) is 78.9 cm³/mol. The fraction of sp³-hybridized carbons (Fsp3) is 0.250. The summed E-state index contributed by atoms with van der Waals surface area (Å²) in [4.78, 5) is 0. The van der Waals surface area contributed by atoms with Gasteiger partial charge < -0.3 is 25.7 Å². The van der Waals surface area contributed by atoms with Crippen molar-refractivity contribution in [2.75, 3.05) is 13.1 Å². The fourth-order valence-corrected chi connectivity index (χ4v) is 2.07. The van der Waals surface area contributed by atoms with Gasteiger partial charge in [0, 0.05) is 5.56 Å². The Hall–Kier alpha value is -2.08. The van der Waals surface area contributed by atoms with Crippen LogP contribution in [0.25, 0.3) is 0 Å². The maximum absolute atomic E-state index is 9.99. The van der Waals surface area contributed by atoms with Gasteiger partial charge in [-0.05, 0) is 36.7 Å². The summed E-state index contributed by atoms with van der Waals surface area (Å²) in [6.45, 7) is 0.406. The molecule has 0 saturated heterocycles. The number of phenolic OH excluding ortho intramolecular Hbond substituents is 2. The van der Waals surface area contributed by atoms with Crippen molar-refractivity contribution in [3.8, 4) is 11.5 Å².